The van der Waals surface area contributed by atoms with Crippen LogP contribution in [0.4, 0.5) is 10.1 Å². The highest BCUT2D eigenvalue weighted by Crippen LogP contribution is 2.17. The Balaban J connectivity index is 1.43. The van der Waals surface area contributed by atoms with E-state index in [0.29, 0.717) is 31.7 Å². The molecular weight excluding hydrogens is 373 g/mol. The second-order valence-electron chi connectivity index (χ2n) is 7.12. The molecule has 7 heteroatoms. The number of hydrogen-bond acceptors (Lipinski definition) is 4. The fraction of sp³-hybridized carbons (Fsp3) is 0.318. The van der Waals surface area contributed by atoms with Crippen LogP contribution in [-0.4, -0.2) is 55.2 Å². The maximum atomic E-state index is 13.2. The number of halogens is 1. The lowest BCUT2D eigenvalue weighted by Gasteiger charge is -2.36. The molecule has 1 aliphatic rings. The quantitative estimate of drug-likeness (QED) is 0.754. The Kier molecular flexibility index (Phi) is 6.59. The molecule has 1 fully saturated rings. The first-order valence-corrected chi connectivity index (χ1v) is 9.57. The van der Waals surface area contributed by atoms with Gasteiger partial charge in [0.2, 0.25) is 11.7 Å². The van der Waals surface area contributed by atoms with Crippen LogP contribution in [0.5, 0.6) is 0 Å². The van der Waals surface area contributed by atoms with Crippen molar-refractivity contribution in [1.82, 2.24) is 10.2 Å². The van der Waals surface area contributed by atoms with E-state index in [-0.39, 0.29) is 18.9 Å². The summed E-state index contributed by atoms with van der Waals surface area (Å²) in [5.41, 5.74) is 2.74. The number of ketones is 1. The van der Waals surface area contributed by atoms with E-state index in [2.05, 4.69) is 34.5 Å². The predicted octanol–water partition coefficient (Wildman–Crippen LogP) is 1.71. The number of rotatable bonds is 6. The highest BCUT2D eigenvalue weighted by atomic mass is 19.1. The maximum Gasteiger partial charge on any atom is 0.288 e. The van der Waals surface area contributed by atoms with Gasteiger partial charge in [0.1, 0.15) is 5.82 Å². The Bertz CT molecular complexity index is 890. The Morgan fingerprint density at radius 1 is 1.00 bits per heavy atom. The summed E-state index contributed by atoms with van der Waals surface area (Å²) in [6, 6.07) is 13.8. The molecule has 1 saturated heterocycles. The number of benzene rings is 2. The van der Waals surface area contributed by atoms with Crippen LogP contribution in [0, 0.1) is 12.7 Å². The van der Waals surface area contributed by atoms with Crippen LogP contribution in [0.2, 0.25) is 0 Å². The number of nitrogens with zero attached hydrogens (tertiary/aromatic N) is 2. The number of piperazine rings is 1. The highest BCUT2D eigenvalue weighted by molar-refractivity contribution is 6.36. The van der Waals surface area contributed by atoms with Crippen LogP contribution in [0.25, 0.3) is 0 Å². The Morgan fingerprint density at radius 3 is 2.34 bits per heavy atom. The standard InChI is InChI=1S/C22H24FN3O3/c1-16-5-7-19(8-6-16)25-9-11-26(12-10-25)21(28)15-24-22(29)20(27)14-17-3-2-4-18(23)13-17/h2-8,13H,9-12,14-15H2,1H3,(H,24,29). The van der Waals surface area contributed by atoms with E-state index in [1.807, 2.05) is 6.92 Å². The van der Waals surface area contributed by atoms with Crippen LogP contribution in [-0.2, 0) is 20.8 Å². The number of carbonyl (C=O) groups excluding carboxylic acids is 3. The lowest BCUT2D eigenvalue weighted by molar-refractivity contribution is -0.139. The van der Waals surface area contributed by atoms with Gasteiger partial charge in [-0.25, -0.2) is 4.39 Å². The van der Waals surface area contributed by atoms with Crippen LogP contribution < -0.4 is 10.2 Å². The molecule has 29 heavy (non-hydrogen) atoms. The predicted molar refractivity (Wildman–Crippen MR) is 108 cm³/mol. The van der Waals surface area contributed by atoms with Gasteiger partial charge in [0.25, 0.3) is 5.91 Å². The van der Waals surface area contributed by atoms with Crippen molar-refractivity contribution < 1.29 is 18.8 Å². The summed E-state index contributed by atoms with van der Waals surface area (Å²) < 4.78 is 13.2. The lowest BCUT2D eigenvalue weighted by atomic mass is 10.1. The van der Waals surface area contributed by atoms with E-state index < -0.39 is 17.5 Å². The van der Waals surface area contributed by atoms with Crippen molar-refractivity contribution in [3.63, 3.8) is 0 Å². The molecule has 2 aromatic carbocycles. The summed E-state index contributed by atoms with van der Waals surface area (Å²) in [6.45, 7) is 4.35. The van der Waals surface area contributed by atoms with Crippen LogP contribution in [0.3, 0.4) is 0 Å². The molecular formula is C22H24FN3O3. The normalized spacial score (nSPS) is 13.9. The van der Waals surface area contributed by atoms with Gasteiger partial charge in [0.05, 0.1) is 6.54 Å². The Hall–Kier alpha value is -3.22. The summed E-state index contributed by atoms with van der Waals surface area (Å²) in [5, 5.41) is 2.38. The SMILES string of the molecule is Cc1ccc(N2CCN(C(=O)CNC(=O)C(=O)Cc3cccc(F)c3)CC2)cc1. The molecule has 0 saturated carbocycles. The second kappa shape index (κ2) is 9.32. The summed E-state index contributed by atoms with van der Waals surface area (Å²) >= 11 is 0. The third-order valence-corrected chi connectivity index (χ3v) is 4.94. The zero-order valence-corrected chi connectivity index (χ0v) is 16.4. The first kappa shape index (κ1) is 20.5. The third kappa shape index (κ3) is 5.63. The average Bonchev–Trinajstić information content (AvgIpc) is 2.72. The molecule has 0 atom stereocenters. The minimum atomic E-state index is -0.832. The minimum absolute atomic E-state index is 0.201. The van der Waals surface area contributed by atoms with Crippen LogP contribution in [0.15, 0.2) is 48.5 Å². The van der Waals surface area contributed by atoms with E-state index in [4.69, 9.17) is 0 Å². The van der Waals surface area contributed by atoms with Crippen molar-refractivity contribution >= 4 is 23.3 Å². The van der Waals surface area contributed by atoms with E-state index >= 15 is 0 Å². The summed E-state index contributed by atoms with van der Waals surface area (Å²) in [6.07, 6.45) is -0.201. The molecule has 3 rings (SSSR count). The van der Waals surface area contributed by atoms with Crippen LogP contribution in [0.1, 0.15) is 11.1 Å². The number of anilines is 1. The van der Waals surface area contributed by atoms with Crippen molar-refractivity contribution in [3.8, 4) is 0 Å². The molecule has 2 aromatic rings. The molecule has 1 N–H and O–H groups in total. The molecule has 6 nitrogen and oxygen atoms in total. The van der Waals surface area contributed by atoms with E-state index in [0.717, 1.165) is 5.69 Å². The largest absolute Gasteiger partial charge is 0.368 e. The molecule has 0 radical (unpaired) electrons. The number of Topliss-reactive ketones (excluding diaryl/α,β-unsaturated/α-hetero) is 1. The van der Waals surface area contributed by atoms with Gasteiger partial charge < -0.3 is 15.1 Å². The topological polar surface area (TPSA) is 69.7 Å². The molecule has 0 aromatic heterocycles. The summed E-state index contributed by atoms with van der Waals surface area (Å²) in [5.74, 6) is -2.22. The van der Waals surface area contributed by atoms with Gasteiger partial charge in [0, 0.05) is 38.3 Å². The monoisotopic (exact) mass is 397 g/mol. The van der Waals surface area contributed by atoms with Gasteiger partial charge in [-0.3, -0.25) is 14.4 Å². The Labute approximate surface area is 169 Å². The van der Waals surface area contributed by atoms with Crippen molar-refractivity contribution in [2.75, 3.05) is 37.6 Å². The minimum Gasteiger partial charge on any atom is -0.368 e. The molecule has 0 spiro atoms. The molecule has 0 unspecified atom stereocenters. The number of hydrogen-bond donors (Lipinski definition) is 1. The zero-order chi connectivity index (χ0) is 20.8. The molecule has 1 aliphatic heterocycles. The Morgan fingerprint density at radius 2 is 1.69 bits per heavy atom. The number of nitrogens with one attached hydrogen (secondary N) is 1. The van der Waals surface area contributed by atoms with Gasteiger partial charge in [-0.2, -0.15) is 0 Å². The van der Waals surface area contributed by atoms with Crippen LogP contribution >= 0.6 is 0 Å². The van der Waals surface area contributed by atoms with Gasteiger partial charge in [-0.1, -0.05) is 29.8 Å². The van der Waals surface area contributed by atoms with Crippen molar-refractivity contribution in [1.29, 1.82) is 0 Å². The summed E-state index contributed by atoms with van der Waals surface area (Å²) in [7, 11) is 0. The summed E-state index contributed by atoms with van der Waals surface area (Å²) in [4.78, 5) is 40.2. The van der Waals surface area contributed by atoms with Gasteiger partial charge in [0.15, 0.2) is 0 Å². The molecule has 1 heterocycles. The zero-order valence-electron chi connectivity index (χ0n) is 16.4. The van der Waals surface area contributed by atoms with E-state index in [1.54, 1.807) is 11.0 Å². The first-order chi connectivity index (χ1) is 13.9. The van der Waals surface area contributed by atoms with E-state index in [9.17, 15) is 18.8 Å². The number of aryl methyl sites for hydroxylation is 1. The first-order valence-electron chi connectivity index (χ1n) is 9.57. The smallest absolute Gasteiger partial charge is 0.288 e. The average molecular weight is 397 g/mol. The fourth-order valence-corrected chi connectivity index (χ4v) is 3.25. The van der Waals surface area contributed by atoms with Gasteiger partial charge in [-0.15, -0.1) is 0 Å². The van der Waals surface area contributed by atoms with Crippen molar-refractivity contribution in [2.45, 2.75) is 13.3 Å². The highest BCUT2D eigenvalue weighted by Gasteiger charge is 2.22. The lowest BCUT2D eigenvalue weighted by Crippen LogP contribution is -2.51. The number of amides is 2. The fourth-order valence-electron chi connectivity index (χ4n) is 3.25. The molecule has 152 valence electrons. The molecule has 2 amide bonds. The number of carbonyl (C=O) groups is 3. The second-order valence-corrected chi connectivity index (χ2v) is 7.12. The van der Waals surface area contributed by atoms with Crippen molar-refractivity contribution in [3.05, 3.63) is 65.5 Å². The maximum absolute atomic E-state index is 13.2. The molecule has 0 bridgehead atoms. The van der Waals surface area contributed by atoms with Gasteiger partial charge >= 0.3 is 0 Å². The third-order valence-electron chi connectivity index (χ3n) is 4.94. The van der Waals surface area contributed by atoms with Gasteiger partial charge in [-0.05, 0) is 36.8 Å². The molecule has 0 aliphatic carbocycles. The van der Waals surface area contributed by atoms with E-state index in [1.165, 1.54) is 23.8 Å². The van der Waals surface area contributed by atoms with Crippen molar-refractivity contribution in [2.24, 2.45) is 0 Å².